The fourth-order valence-corrected chi connectivity index (χ4v) is 6.71. The van der Waals surface area contributed by atoms with Gasteiger partial charge in [0.1, 0.15) is 17.8 Å². The van der Waals surface area contributed by atoms with Crippen molar-refractivity contribution in [2.24, 2.45) is 11.8 Å². The Hall–Kier alpha value is -5.65. The molecule has 0 aliphatic heterocycles. The molecule has 5 heterocycles. The van der Waals surface area contributed by atoms with Crippen LogP contribution in [-0.4, -0.2) is 49.2 Å². The lowest BCUT2D eigenvalue weighted by Gasteiger charge is -2.17. The van der Waals surface area contributed by atoms with Crippen LogP contribution in [0.3, 0.4) is 0 Å². The standard InChI is InChI=1S/C38H35F2N7O3/c1-20-6-4-5-7-24(20)35-34(40)26-18-42-32(44-36(48)22-8-9-22)17-28(26)47(35)13-12-46-29(33-21(2)10-11-41-38(33)50-3)14-23-15-31(43-19-30(23)46)45-37(49)25-16-27(25)39/h4-7,10-11,14-15,17-19,22,25,27H,8-9,12-13,16H2,1-3H3,(H,42,44,48)(H,43,45,49)/t25-,27+/m1/s1. The van der Waals surface area contributed by atoms with Crippen molar-refractivity contribution < 1.29 is 23.1 Å². The average molecular weight is 676 g/mol. The van der Waals surface area contributed by atoms with E-state index in [2.05, 4.69) is 30.2 Å². The van der Waals surface area contributed by atoms with Crippen molar-refractivity contribution in [3.05, 3.63) is 84.1 Å². The van der Waals surface area contributed by atoms with E-state index >= 15 is 4.39 Å². The van der Waals surface area contributed by atoms with E-state index in [-0.39, 0.29) is 24.2 Å². The van der Waals surface area contributed by atoms with Gasteiger partial charge in [-0.15, -0.1) is 0 Å². The zero-order valence-electron chi connectivity index (χ0n) is 27.8. The lowest BCUT2D eigenvalue weighted by molar-refractivity contribution is -0.118. The summed E-state index contributed by atoms with van der Waals surface area (Å²) in [6.07, 6.45) is 5.66. The highest BCUT2D eigenvalue weighted by atomic mass is 19.1. The molecule has 8 rings (SSSR count). The van der Waals surface area contributed by atoms with Gasteiger partial charge in [-0.05, 0) is 62.4 Å². The first kappa shape index (κ1) is 31.6. The first-order valence-electron chi connectivity index (χ1n) is 16.7. The smallest absolute Gasteiger partial charge is 0.231 e. The number of benzene rings is 1. The van der Waals surface area contributed by atoms with E-state index in [9.17, 15) is 14.0 Å². The van der Waals surface area contributed by atoms with E-state index in [0.29, 0.717) is 47.2 Å². The molecular formula is C38H35F2N7O3. The number of aromatic nitrogens is 5. The number of pyridine rings is 3. The maximum atomic E-state index is 16.5. The lowest BCUT2D eigenvalue weighted by atomic mass is 10.1. The van der Waals surface area contributed by atoms with Gasteiger partial charge in [-0.25, -0.2) is 23.7 Å². The van der Waals surface area contributed by atoms with Gasteiger partial charge in [0.15, 0.2) is 5.82 Å². The van der Waals surface area contributed by atoms with Gasteiger partial charge in [-0.1, -0.05) is 24.3 Å². The van der Waals surface area contributed by atoms with Gasteiger partial charge < -0.3 is 24.5 Å². The summed E-state index contributed by atoms with van der Waals surface area (Å²) in [6, 6.07) is 15.1. The van der Waals surface area contributed by atoms with Crippen LogP contribution >= 0.6 is 0 Å². The molecule has 12 heteroatoms. The van der Waals surface area contributed by atoms with Gasteiger partial charge in [0.05, 0.1) is 52.6 Å². The molecule has 1 aromatic carbocycles. The normalized spacial score (nSPS) is 16.9. The van der Waals surface area contributed by atoms with Gasteiger partial charge in [0.25, 0.3) is 0 Å². The van der Waals surface area contributed by atoms with Gasteiger partial charge in [0.2, 0.25) is 17.7 Å². The second-order valence-electron chi connectivity index (χ2n) is 13.1. The number of ether oxygens (including phenoxy) is 1. The molecule has 2 saturated carbocycles. The number of anilines is 2. The van der Waals surface area contributed by atoms with Crippen LogP contribution in [0.5, 0.6) is 5.88 Å². The molecule has 254 valence electrons. The molecule has 5 aromatic heterocycles. The van der Waals surface area contributed by atoms with Gasteiger partial charge in [-0.2, -0.15) is 0 Å². The van der Waals surface area contributed by atoms with Crippen molar-refractivity contribution in [2.75, 3.05) is 17.7 Å². The Morgan fingerprint density at radius 1 is 0.900 bits per heavy atom. The third-order valence-corrected chi connectivity index (χ3v) is 9.70. The van der Waals surface area contributed by atoms with Crippen molar-refractivity contribution in [1.29, 1.82) is 0 Å². The summed E-state index contributed by atoms with van der Waals surface area (Å²) < 4.78 is 39.8. The van der Waals surface area contributed by atoms with Crippen LogP contribution in [0, 0.1) is 31.5 Å². The third-order valence-electron chi connectivity index (χ3n) is 9.70. The molecule has 2 aliphatic carbocycles. The van der Waals surface area contributed by atoms with Crippen LogP contribution in [0.2, 0.25) is 0 Å². The Balaban J connectivity index is 1.25. The van der Waals surface area contributed by atoms with Crippen molar-refractivity contribution in [3.8, 4) is 28.4 Å². The highest BCUT2D eigenvalue weighted by Gasteiger charge is 2.43. The molecule has 2 amide bonds. The molecule has 2 N–H and O–H groups in total. The van der Waals surface area contributed by atoms with Crippen LogP contribution in [0.1, 0.15) is 30.4 Å². The fraction of sp³-hybridized carbons (Fsp3) is 0.289. The minimum atomic E-state index is -1.12. The Bertz CT molecular complexity index is 2330. The Kier molecular flexibility index (Phi) is 7.81. The first-order valence-corrected chi connectivity index (χ1v) is 16.7. The topological polar surface area (TPSA) is 116 Å². The quantitative estimate of drug-likeness (QED) is 0.158. The molecule has 6 aromatic rings. The van der Waals surface area contributed by atoms with E-state index in [4.69, 9.17) is 4.74 Å². The number of carbonyl (C=O) groups is 2. The molecule has 10 nitrogen and oxygen atoms in total. The highest BCUT2D eigenvalue weighted by molar-refractivity contribution is 5.97. The number of rotatable bonds is 10. The van der Waals surface area contributed by atoms with Crippen molar-refractivity contribution in [2.45, 2.75) is 52.4 Å². The van der Waals surface area contributed by atoms with Crippen molar-refractivity contribution in [1.82, 2.24) is 24.1 Å². The van der Waals surface area contributed by atoms with Gasteiger partial charge in [0, 0.05) is 48.4 Å². The Morgan fingerprint density at radius 3 is 2.36 bits per heavy atom. The molecule has 50 heavy (non-hydrogen) atoms. The molecule has 2 atom stereocenters. The van der Waals surface area contributed by atoms with Crippen LogP contribution in [0.15, 0.2) is 67.1 Å². The molecular weight excluding hydrogens is 640 g/mol. The first-order chi connectivity index (χ1) is 24.2. The lowest BCUT2D eigenvalue weighted by Crippen LogP contribution is -2.16. The van der Waals surface area contributed by atoms with E-state index in [0.717, 1.165) is 51.7 Å². The second-order valence-corrected chi connectivity index (χ2v) is 13.1. The fourth-order valence-electron chi connectivity index (χ4n) is 6.71. The maximum absolute atomic E-state index is 16.5. The van der Waals surface area contributed by atoms with Crippen LogP contribution in [0.4, 0.5) is 20.4 Å². The van der Waals surface area contributed by atoms with Crippen LogP contribution < -0.4 is 15.4 Å². The Morgan fingerprint density at radius 2 is 1.62 bits per heavy atom. The van der Waals surface area contributed by atoms with E-state index < -0.39 is 17.9 Å². The predicted molar refractivity (Wildman–Crippen MR) is 187 cm³/mol. The minimum Gasteiger partial charge on any atom is -0.480 e. The summed E-state index contributed by atoms with van der Waals surface area (Å²) in [6.45, 7) is 4.64. The maximum Gasteiger partial charge on any atom is 0.231 e. The number of methoxy groups -OCH3 is 1. The summed E-state index contributed by atoms with van der Waals surface area (Å²) in [5.74, 6) is -0.374. The van der Waals surface area contributed by atoms with Crippen LogP contribution in [0.25, 0.3) is 44.3 Å². The monoisotopic (exact) mass is 675 g/mol. The summed E-state index contributed by atoms with van der Waals surface area (Å²) in [7, 11) is 1.57. The number of fused-ring (bicyclic) bond motifs is 2. The van der Waals surface area contributed by atoms with Crippen molar-refractivity contribution >= 4 is 45.3 Å². The van der Waals surface area contributed by atoms with Gasteiger partial charge >= 0.3 is 0 Å². The molecule has 0 spiro atoms. The molecule has 0 bridgehead atoms. The number of nitrogens with one attached hydrogen (secondary N) is 2. The van der Waals surface area contributed by atoms with E-state index in [1.807, 2.05) is 54.8 Å². The zero-order chi connectivity index (χ0) is 34.7. The number of hydrogen-bond donors (Lipinski definition) is 2. The zero-order valence-corrected chi connectivity index (χ0v) is 27.8. The molecule has 0 saturated heterocycles. The SMILES string of the molecule is COc1nccc(C)c1-c1cc2cc(NC(=O)[C@@H]3C[C@@H]3F)ncc2n1CCn1c(-c2ccccc2C)c(F)c2cnc(NC(=O)C3CC3)cc21. The number of aryl methyl sites for hydroxylation is 4. The highest BCUT2D eigenvalue weighted by Crippen LogP contribution is 2.39. The van der Waals surface area contributed by atoms with Gasteiger partial charge in [-0.3, -0.25) is 9.59 Å². The Labute approximate surface area is 286 Å². The largest absolute Gasteiger partial charge is 0.480 e. The number of amides is 2. The molecule has 2 aliphatic rings. The number of halogens is 2. The third kappa shape index (κ3) is 5.64. The molecule has 0 radical (unpaired) electrons. The summed E-state index contributed by atoms with van der Waals surface area (Å²) in [4.78, 5) is 38.5. The number of alkyl halides is 1. The average Bonchev–Trinajstić information content (AvgIpc) is 4.03. The summed E-state index contributed by atoms with van der Waals surface area (Å²) in [5.41, 5.74) is 5.98. The van der Waals surface area contributed by atoms with E-state index in [1.54, 1.807) is 31.6 Å². The van der Waals surface area contributed by atoms with E-state index in [1.165, 1.54) is 6.20 Å². The minimum absolute atomic E-state index is 0.0105. The number of nitrogens with zero attached hydrogens (tertiary/aromatic N) is 5. The second kappa shape index (κ2) is 12.3. The van der Waals surface area contributed by atoms with Crippen LogP contribution in [-0.2, 0) is 22.7 Å². The number of hydrogen-bond acceptors (Lipinski definition) is 6. The predicted octanol–water partition coefficient (Wildman–Crippen LogP) is 7.22. The summed E-state index contributed by atoms with van der Waals surface area (Å²) >= 11 is 0. The van der Waals surface area contributed by atoms with Crippen molar-refractivity contribution in [3.63, 3.8) is 0 Å². The number of carbonyl (C=O) groups excluding carboxylic acids is 2. The molecule has 0 unspecified atom stereocenters. The molecule has 2 fully saturated rings. The summed E-state index contributed by atoms with van der Waals surface area (Å²) in [5, 5.41) is 6.80.